The van der Waals surface area contributed by atoms with E-state index in [9.17, 15) is 19.7 Å². The van der Waals surface area contributed by atoms with Gasteiger partial charge in [-0.05, 0) is 68.5 Å². The number of carbonyl (C=O) groups excluding carboxylic acids is 2. The number of rotatable bonds is 7. The first-order valence-electron chi connectivity index (χ1n) is 13.7. The number of carbonyl (C=O) groups is 2. The number of benzene rings is 3. The van der Waals surface area contributed by atoms with E-state index in [0.29, 0.717) is 57.3 Å². The van der Waals surface area contributed by atoms with Crippen molar-refractivity contribution in [3.8, 4) is 11.5 Å². The van der Waals surface area contributed by atoms with Gasteiger partial charge in [0, 0.05) is 52.2 Å². The smallest absolute Gasteiger partial charge is 0.272 e. The van der Waals surface area contributed by atoms with Crippen LogP contribution < -0.4 is 20.1 Å². The van der Waals surface area contributed by atoms with Gasteiger partial charge in [-0.15, -0.1) is 0 Å². The molecule has 3 aromatic rings. The summed E-state index contributed by atoms with van der Waals surface area (Å²) in [6, 6.07) is 18.0. The molecule has 9 heteroatoms. The van der Waals surface area contributed by atoms with Gasteiger partial charge in [-0.25, -0.2) is 0 Å². The number of aryl methyl sites for hydroxylation is 2. The molecule has 1 heterocycles. The zero-order valence-corrected chi connectivity index (χ0v) is 24.2. The van der Waals surface area contributed by atoms with Crippen LogP contribution in [0.5, 0.6) is 11.5 Å². The molecular formula is C33H33N3O6. The molecule has 3 aromatic carbocycles. The monoisotopic (exact) mass is 567 g/mol. The van der Waals surface area contributed by atoms with Gasteiger partial charge in [0.2, 0.25) is 0 Å². The van der Waals surface area contributed by atoms with Crippen molar-refractivity contribution in [3.05, 3.63) is 116 Å². The van der Waals surface area contributed by atoms with Gasteiger partial charge in [-0.1, -0.05) is 35.9 Å². The van der Waals surface area contributed by atoms with Crippen molar-refractivity contribution in [2.75, 3.05) is 19.5 Å². The molecule has 1 amide bonds. The van der Waals surface area contributed by atoms with Crippen LogP contribution in [0, 0.1) is 24.0 Å². The molecular weight excluding hydrogens is 534 g/mol. The van der Waals surface area contributed by atoms with E-state index in [1.807, 2.05) is 49.4 Å². The van der Waals surface area contributed by atoms with Gasteiger partial charge in [-0.3, -0.25) is 19.7 Å². The number of nitrogens with zero attached hydrogens (tertiary/aromatic N) is 1. The molecule has 2 N–H and O–H groups in total. The third-order valence-electron chi connectivity index (χ3n) is 8.02. The van der Waals surface area contributed by atoms with Crippen molar-refractivity contribution in [1.29, 1.82) is 0 Å². The lowest BCUT2D eigenvalue weighted by Crippen LogP contribution is -2.37. The fourth-order valence-corrected chi connectivity index (χ4v) is 5.85. The SMILES string of the molecule is COc1ccc(C2CC(=O)C3=C(C2)NC(C)=C(C(=O)Nc2ccc(C)cc2)C3c2ccc(C)c([N+](=O)[O-])c2)cc1OC. The molecule has 0 spiro atoms. The van der Waals surface area contributed by atoms with Crippen LogP contribution in [0.15, 0.2) is 83.2 Å². The van der Waals surface area contributed by atoms with Crippen molar-refractivity contribution < 1.29 is 24.0 Å². The topological polar surface area (TPSA) is 120 Å². The number of nitrogens with one attached hydrogen (secondary N) is 2. The molecule has 0 saturated carbocycles. The highest BCUT2D eigenvalue weighted by molar-refractivity contribution is 6.10. The standard InChI is InChI=1S/C33H33N3O6/c1-18-6-11-24(12-7-18)35-33(38)30-20(3)34-25-14-23(21-10-13-28(41-4)29(17-21)42-5)16-27(37)32(25)31(30)22-9-8-19(2)26(15-22)36(39)40/h6-13,15,17,23,31,34H,14,16H2,1-5H3,(H,35,38). The second kappa shape index (κ2) is 11.5. The molecule has 216 valence electrons. The summed E-state index contributed by atoms with van der Waals surface area (Å²) in [5, 5.41) is 18.2. The minimum Gasteiger partial charge on any atom is -0.493 e. The fraction of sp³-hybridized carbons (Fsp3) is 0.273. The number of allylic oxidation sites excluding steroid dienone is 3. The lowest BCUT2D eigenvalue weighted by molar-refractivity contribution is -0.385. The second-order valence-corrected chi connectivity index (χ2v) is 10.8. The minimum atomic E-state index is -0.773. The van der Waals surface area contributed by atoms with Crippen LogP contribution in [0.2, 0.25) is 0 Å². The number of hydrogen-bond donors (Lipinski definition) is 2. The first kappa shape index (κ1) is 28.6. The normalized spacial score (nSPS) is 18.3. The highest BCUT2D eigenvalue weighted by Gasteiger charge is 2.41. The molecule has 0 saturated heterocycles. The van der Waals surface area contributed by atoms with Crippen LogP contribution >= 0.6 is 0 Å². The van der Waals surface area contributed by atoms with Crippen LogP contribution in [0.1, 0.15) is 53.9 Å². The minimum absolute atomic E-state index is 0.0596. The van der Waals surface area contributed by atoms with Gasteiger partial charge in [0.25, 0.3) is 11.6 Å². The molecule has 5 rings (SSSR count). The Balaban J connectivity index is 1.59. The number of Topliss-reactive ketones (excluding diaryl/α,β-unsaturated/α-hetero) is 1. The molecule has 0 fully saturated rings. The number of hydrogen-bond acceptors (Lipinski definition) is 7. The lowest BCUT2D eigenvalue weighted by atomic mass is 9.71. The van der Waals surface area contributed by atoms with E-state index < -0.39 is 10.8 Å². The van der Waals surface area contributed by atoms with Crippen LogP contribution in [-0.4, -0.2) is 30.8 Å². The van der Waals surface area contributed by atoms with Gasteiger partial charge in [0.1, 0.15) is 0 Å². The number of ketones is 1. The Morgan fingerprint density at radius 1 is 0.929 bits per heavy atom. The summed E-state index contributed by atoms with van der Waals surface area (Å²) in [6.07, 6.45) is 0.734. The largest absolute Gasteiger partial charge is 0.493 e. The third kappa shape index (κ3) is 5.37. The predicted molar refractivity (Wildman–Crippen MR) is 160 cm³/mol. The highest BCUT2D eigenvalue weighted by atomic mass is 16.6. The number of methoxy groups -OCH3 is 2. The summed E-state index contributed by atoms with van der Waals surface area (Å²) in [6.45, 7) is 5.43. The van der Waals surface area contributed by atoms with Gasteiger partial charge < -0.3 is 20.1 Å². The third-order valence-corrected chi connectivity index (χ3v) is 8.02. The van der Waals surface area contributed by atoms with E-state index in [0.717, 1.165) is 11.1 Å². The van der Waals surface area contributed by atoms with Gasteiger partial charge in [0.15, 0.2) is 17.3 Å². The average molecular weight is 568 g/mol. The molecule has 1 aliphatic carbocycles. The Hall–Kier alpha value is -4.92. The maximum Gasteiger partial charge on any atom is 0.272 e. The molecule has 2 unspecified atom stereocenters. The lowest BCUT2D eigenvalue weighted by Gasteiger charge is -2.37. The van der Waals surface area contributed by atoms with E-state index >= 15 is 0 Å². The summed E-state index contributed by atoms with van der Waals surface area (Å²) < 4.78 is 10.9. The number of dihydropyridines is 1. The fourth-order valence-electron chi connectivity index (χ4n) is 5.85. The Labute approximate surface area is 244 Å². The zero-order valence-electron chi connectivity index (χ0n) is 24.2. The van der Waals surface area contributed by atoms with Crippen LogP contribution in [0.3, 0.4) is 0 Å². The quantitative estimate of drug-likeness (QED) is 0.257. The van der Waals surface area contributed by atoms with Crippen molar-refractivity contribution in [3.63, 3.8) is 0 Å². The molecule has 0 aromatic heterocycles. The van der Waals surface area contributed by atoms with Gasteiger partial charge in [-0.2, -0.15) is 0 Å². The zero-order chi connectivity index (χ0) is 30.1. The maximum absolute atomic E-state index is 14.0. The first-order valence-corrected chi connectivity index (χ1v) is 13.7. The Morgan fingerprint density at radius 2 is 1.62 bits per heavy atom. The highest BCUT2D eigenvalue weighted by Crippen LogP contribution is 2.47. The molecule has 9 nitrogen and oxygen atoms in total. The maximum atomic E-state index is 14.0. The van der Waals surface area contributed by atoms with Crippen molar-refractivity contribution in [2.24, 2.45) is 0 Å². The molecule has 1 aliphatic heterocycles. The number of amides is 1. The number of nitro groups is 1. The van der Waals surface area contributed by atoms with E-state index in [2.05, 4.69) is 10.6 Å². The number of anilines is 1. The molecule has 0 bridgehead atoms. The summed E-state index contributed by atoms with van der Waals surface area (Å²) in [4.78, 5) is 39.2. The van der Waals surface area contributed by atoms with Crippen molar-refractivity contribution in [1.82, 2.24) is 5.32 Å². The molecule has 2 aliphatic rings. The molecule has 42 heavy (non-hydrogen) atoms. The summed E-state index contributed by atoms with van der Waals surface area (Å²) in [5.74, 6) is -0.224. The van der Waals surface area contributed by atoms with E-state index in [1.165, 1.54) is 6.07 Å². The molecule has 2 atom stereocenters. The number of nitro benzene ring substituents is 1. The van der Waals surface area contributed by atoms with E-state index in [1.54, 1.807) is 40.2 Å². The van der Waals surface area contributed by atoms with Crippen molar-refractivity contribution >= 4 is 23.1 Å². The number of ether oxygens (including phenoxy) is 2. The predicted octanol–water partition coefficient (Wildman–Crippen LogP) is 6.23. The second-order valence-electron chi connectivity index (χ2n) is 10.8. The van der Waals surface area contributed by atoms with Crippen LogP contribution in [0.25, 0.3) is 0 Å². The van der Waals surface area contributed by atoms with Gasteiger partial charge in [0.05, 0.1) is 19.1 Å². The average Bonchev–Trinajstić information content (AvgIpc) is 2.97. The van der Waals surface area contributed by atoms with E-state index in [4.69, 9.17) is 9.47 Å². The van der Waals surface area contributed by atoms with Crippen LogP contribution in [-0.2, 0) is 9.59 Å². The molecule has 0 radical (unpaired) electrons. The summed E-state index contributed by atoms with van der Waals surface area (Å²) in [7, 11) is 3.14. The Morgan fingerprint density at radius 3 is 2.29 bits per heavy atom. The van der Waals surface area contributed by atoms with E-state index in [-0.39, 0.29) is 29.7 Å². The Kier molecular flexibility index (Phi) is 7.85. The Bertz CT molecular complexity index is 1650. The van der Waals surface area contributed by atoms with Gasteiger partial charge >= 0.3 is 0 Å². The van der Waals surface area contributed by atoms with Crippen molar-refractivity contribution in [2.45, 2.75) is 45.4 Å². The summed E-state index contributed by atoms with van der Waals surface area (Å²) in [5.41, 5.74) is 5.68. The summed E-state index contributed by atoms with van der Waals surface area (Å²) >= 11 is 0. The first-order chi connectivity index (χ1) is 20.1. The van der Waals surface area contributed by atoms with Crippen LogP contribution in [0.4, 0.5) is 11.4 Å².